The molecule has 4 aromatic carbocycles. The number of hydrogen-bond acceptors (Lipinski definition) is 0. The number of allylic oxidation sites excluding steroid dienone is 8. The lowest BCUT2D eigenvalue weighted by molar-refractivity contribution is -0.871. The highest BCUT2D eigenvalue weighted by molar-refractivity contribution is 6.32. The van der Waals surface area contributed by atoms with E-state index in [4.69, 9.17) is 11.6 Å². The molecule has 1 heterocycles. The first-order chi connectivity index (χ1) is 26.0. The highest BCUT2D eigenvalue weighted by atomic mass is 35.5. The lowest BCUT2D eigenvalue weighted by Gasteiger charge is -2.27. The molecule has 2 aliphatic carbocycles. The van der Waals surface area contributed by atoms with Crippen molar-refractivity contribution in [2.45, 2.75) is 83.0 Å². The van der Waals surface area contributed by atoms with E-state index in [1.54, 1.807) is 0 Å². The summed E-state index contributed by atoms with van der Waals surface area (Å²) in [5, 5.41) is 6.34. The molecular weight excluding hydrogens is 690 g/mol. The molecule has 1 atom stereocenters. The van der Waals surface area contributed by atoms with Gasteiger partial charge in [0.15, 0.2) is 12.3 Å². The quantitative estimate of drug-likeness (QED) is 0.106. The SMILES string of the molecule is CC1(C)C(/C=C/C2=C(Cl)C(=C/C=C3/C(CCC[N+](C)(C)C)c4ccc5ccccc5c4C3(C)C)/CCC2)=[N+](CCC[N+](C)(C)C)c2ccc3ccccc3c21. The van der Waals surface area contributed by atoms with E-state index in [0.29, 0.717) is 5.92 Å². The van der Waals surface area contributed by atoms with Gasteiger partial charge >= 0.3 is 0 Å². The monoisotopic (exact) mass is 754 g/mol. The largest absolute Gasteiger partial charge is 0.331 e. The minimum absolute atomic E-state index is 0.0681. The molecule has 0 aromatic heterocycles. The van der Waals surface area contributed by atoms with E-state index in [-0.39, 0.29) is 10.8 Å². The van der Waals surface area contributed by atoms with E-state index < -0.39 is 0 Å². The van der Waals surface area contributed by atoms with Gasteiger partial charge in [0, 0.05) is 34.1 Å². The van der Waals surface area contributed by atoms with Gasteiger partial charge < -0.3 is 8.97 Å². The fourth-order valence-electron chi connectivity index (χ4n) is 9.99. The van der Waals surface area contributed by atoms with Gasteiger partial charge in [0.25, 0.3) is 0 Å². The number of fused-ring (bicyclic) bond motifs is 6. The van der Waals surface area contributed by atoms with Crippen molar-refractivity contribution < 1.29 is 13.5 Å². The van der Waals surface area contributed by atoms with Crippen LogP contribution in [0.15, 0.2) is 119 Å². The lowest BCUT2D eigenvalue weighted by atomic mass is 9.78. The predicted molar refractivity (Wildman–Crippen MR) is 238 cm³/mol. The average Bonchev–Trinajstić information content (AvgIpc) is 3.47. The van der Waals surface area contributed by atoms with Gasteiger partial charge in [-0.3, -0.25) is 0 Å². The third-order valence-corrected chi connectivity index (χ3v) is 13.2. The molecule has 288 valence electrons. The Morgan fingerprint density at radius 2 is 1.31 bits per heavy atom. The first-order valence-corrected chi connectivity index (χ1v) is 21.1. The smallest absolute Gasteiger partial charge is 0.210 e. The Labute approximate surface area is 337 Å². The summed E-state index contributed by atoms with van der Waals surface area (Å²) in [5.41, 5.74) is 11.0. The van der Waals surface area contributed by atoms with Crippen molar-refractivity contribution in [2.75, 3.05) is 61.9 Å². The van der Waals surface area contributed by atoms with Crippen molar-refractivity contribution >= 4 is 44.5 Å². The summed E-state index contributed by atoms with van der Waals surface area (Å²) in [6, 6.07) is 27.3. The molecule has 55 heavy (non-hydrogen) atoms. The molecule has 4 aromatic rings. The standard InChI is InChI=1S/C51H65ClN3/c1-50(2)44(42(24-16-34-54(5,6)7)43-29-25-36-18-11-13-22-40(36)47(43)50)30-26-38-20-15-21-39(49(38)52)28-32-46-51(3,4)48-41-23-14-12-19-37(41)27-31-45(48)53(46)33-17-35-55(8,9)10/h11-14,18-19,22-23,25-32,42H,15-17,20-21,24,33-35H2,1-10H3/q+3/b32-28+,38-26+,44-30-. The summed E-state index contributed by atoms with van der Waals surface area (Å²) >= 11 is 7.44. The van der Waals surface area contributed by atoms with Crippen LogP contribution < -0.4 is 0 Å². The first kappa shape index (κ1) is 39.5. The molecule has 0 fully saturated rings. The van der Waals surface area contributed by atoms with Crippen LogP contribution in [0.4, 0.5) is 5.69 Å². The van der Waals surface area contributed by atoms with Crippen LogP contribution in [0.5, 0.6) is 0 Å². The van der Waals surface area contributed by atoms with Crippen LogP contribution in [0.1, 0.15) is 88.8 Å². The minimum atomic E-state index is -0.137. The maximum absolute atomic E-state index is 7.44. The van der Waals surface area contributed by atoms with Gasteiger partial charge in [0.05, 0.1) is 67.2 Å². The Morgan fingerprint density at radius 3 is 1.98 bits per heavy atom. The topological polar surface area (TPSA) is 3.01 Å². The third kappa shape index (κ3) is 7.82. The highest BCUT2D eigenvalue weighted by Gasteiger charge is 2.46. The van der Waals surface area contributed by atoms with E-state index >= 15 is 0 Å². The van der Waals surface area contributed by atoms with Crippen LogP contribution in [-0.2, 0) is 10.8 Å². The maximum Gasteiger partial charge on any atom is 0.210 e. The average molecular weight is 756 g/mol. The first-order valence-electron chi connectivity index (χ1n) is 20.8. The highest BCUT2D eigenvalue weighted by Crippen LogP contribution is 2.54. The number of benzene rings is 4. The van der Waals surface area contributed by atoms with E-state index in [1.165, 1.54) is 79.3 Å². The van der Waals surface area contributed by atoms with Crippen molar-refractivity contribution in [3.8, 4) is 0 Å². The van der Waals surface area contributed by atoms with Gasteiger partial charge in [-0.15, -0.1) is 0 Å². The Kier molecular flexibility index (Phi) is 10.7. The molecule has 0 radical (unpaired) electrons. The predicted octanol–water partition coefficient (Wildman–Crippen LogP) is 12.1. The summed E-state index contributed by atoms with van der Waals surface area (Å²) < 4.78 is 4.57. The zero-order chi connectivity index (χ0) is 39.3. The summed E-state index contributed by atoms with van der Waals surface area (Å²) in [4.78, 5) is 0. The van der Waals surface area contributed by atoms with Gasteiger partial charge in [-0.25, -0.2) is 0 Å². The Hall–Kier alpha value is -3.76. The van der Waals surface area contributed by atoms with Crippen LogP contribution in [0.2, 0.25) is 0 Å². The molecule has 1 unspecified atom stereocenters. The van der Waals surface area contributed by atoms with Crippen molar-refractivity contribution in [3.63, 3.8) is 0 Å². The Balaban J connectivity index is 1.25. The fraction of sp³-hybridized carbons (Fsp3) is 0.431. The second kappa shape index (κ2) is 15.0. The molecule has 0 spiro atoms. The molecule has 1 aliphatic heterocycles. The normalized spacial score (nSPS) is 21.2. The van der Waals surface area contributed by atoms with Crippen molar-refractivity contribution in [1.82, 2.24) is 0 Å². The van der Waals surface area contributed by atoms with Gasteiger partial charge in [-0.2, -0.15) is 4.58 Å². The zero-order valence-corrected chi connectivity index (χ0v) is 36.2. The van der Waals surface area contributed by atoms with Gasteiger partial charge in [0.1, 0.15) is 0 Å². The van der Waals surface area contributed by atoms with Crippen LogP contribution >= 0.6 is 11.6 Å². The summed E-state index contributed by atoms with van der Waals surface area (Å²) in [7, 11) is 13.8. The van der Waals surface area contributed by atoms with Crippen LogP contribution in [-0.4, -0.2) is 81.2 Å². The lowest BCUT2D eigenvalue weighted by Crippen LogP contribution is -2.36. The molecule has 7 rings (SSSR count). The molecule has 0 saturated carbocycles. The van der Waals surface area contributed by atoms with Gasteiger partial charge in [0.2, 0.25) is 5.69 Å². The maximum atomic E-state index is 7.44. The van der Waals surface area contributed by atoms with Crippen molar-refractivity contribution in [3.05, 3.63) is 136 Å². The van der Waals surface area contributed by atoms with Crippen LogP contribution in [0, 0.1) is 0 Å². The van der Waals surface area contributed by atoms with E-state index in [0.717, 1.165) is 59.2 Å². The second-order valence-corrected chi connectivity index (χ2v) is 20.0. The Morgan fingerprint density at radius 1 is 0.691 bits per heavy atom. The summed E-state index contributed by atoms with van der Waals surface area (Å²) in [6.07, 6.45) is 16.2. The number of halogens is 1. The Bertz CT molecular complexity index is 2280. The molecular formula is C51H65ClN3+3. The van der Waals surface area contributed by atoms with Crippen LogP contribution in [0.3, 0.4) is 0 Å². The summed E-state index contributed by atoms with van der Waals surface area (Å²) in [5.74, 6) is 0.408. The van der Waals surface area contributed by atoms with Crippen molar-refractivity contribution in [1.29, 1.82) is 0 Å². The van der Waals surface area contributed by atoms with Gasteiger partial charge in [-0.1, -0.05) is 110 Å². The zero-order valence-electron chi connectivity index (χ0n) is 35.4. The van der Waals surface area contributed by atoms with E-state index in [9.17, 15) is 0 Å². The number of nitrogens with zero attached hydrogens (tertiary/aromatic N) is 3. The fourth-order valence-corrected chi connectivity index (χ4v) is 10.3. The second-order valence-electron chi connectivity index (χ2n) is 19.6. The molecule has 0 N–H and O–H groups in total. The molecule has 3 aliphatic rings. The molecule has 3 nitrogen and oxygen atoms in total. The third-order valence-electron chi connectivity index (χ3n) is 12.7. The van der Waals surface area contributed by atoms with Gasteiger partial charge in [-0.05, 0) is 95.8 Å². The van der Waals surface area contributed by atoms with E-state index in [2.05, 4.69) is 172 Å². The van der Waals surface area contributed by atoms with E-state index in [1.807, 2.05) is 0 Å². The molecule has 0 bridgehead atoms. The van der Waals surface area contributed by atoms with Crippen molar-refractivity contribution in [2.24, 2.45) is 0 Å². The molecule has 0 amide bonds. The number of rotatable bonds is 11. The molecule has 0 saturated heterocycles. The summed E-state index contributed by atoms with van der Waals surface area (Å²) in [6.45, 7) is 13.0. The number of quaternary nitrogens is 2. The number of hydrogen-bond donors (Lipinski definition) is 0. The van der Waals surface area contributed by atoms with Crippen LogP contribution in [0.25, 0.3) is 21.5 Å². The minimum Gasteiger partial charge on any atom is -0.331 e. The molecule has 4 heteroatoms.